The van der Waals surface area contributed by atoms with Crippen molar-refractivity contribution in [3.8, 4) is 11.1 Å². The highest BCUT2D eigenvalue weighted by molar-refractivity contribution is 7.17. The van der Waals surface area contributed by atoms with Crippen molar-refractivity contribution < 1.29 is 0 Å². The number of fused-ring (bicyclic) bond motifs is 1. The molecule has 1 atom stereocenters. The van der Waals surface area contributed by atoms with Crippen LogP contribution in [0.1, 0.15) is 22.7 Å². The van der Waals surface area contributed by atoms with E-state index < -0.39 is 0 Å². The van der Waals surface area contributed by atoms with Gasteiger partial charge in [0.2, 0.25) is 0 Å². The maximum absolute atomic E-state index is 4.73. The number of hydrogen-bond acceptors (Lipinski definition) is 6. The van der Waals surface area contributed by atoms with Crippen LogP contribution in [0.25, 0.3) is 21.3 Å². The van der Waals surface area contributed by atoms with Crippen LogP contribution in [0.5, 0.6) is 0 Å². The lowest BCUT2D eigenvalue weighted by atomic mass is 10.0. The molecule has 1 aliphatic rings. The van der Waals surface area contributed by atoms with E-state index in [1.54, 1.807) is 17.7 Å². The molecule has 2 aromatic heterocycles. The molecular weight excluding hydrogens is 426 g/mol. The van der Waals surface area contributed by atoms with Crippen molar-refractivity contribution in [2.24, 2.45) is 0 Å². The molecule has 6 heteroatoms. The van der Waals surface area contributed by atoms with Crippen LogP contribution < -0.4 is 5.32 Å². The van der Waals surface area contributed by atoms with Gasteiger partial charge in [0.25, 0.3) is 0 Å². The van der Waals surface area contributed by atoms with Crippen molar-refractivity contribution in [3.05, 3.63) is 76.9 Å². The van der Waals surface area contributed by atoms with E-state index in [4.69, 9.17) is 4.98 Å². The van der Waals surface area contributed by atoms with Crippen LogP contribution in [0, 0.1) is 13.8 Å². The molecule has 1 fully saturated rings. The fourth-order valence-electron chi connectivity index (χ4n) is 4.48. The number of rotatable bonds is 6. The Hall–Kier alpha value is -2.80. The molecule has 170 valence electrons. The number of piperazine rings is 1. The number of hydrogen-bond donors (Lipinski definition) is 1. The Labute approximate surface area is 200 Å². The van der Waals surface area contributed by atoms with E-state index in [0.29, 0.717) is 0 Å². The van der Waals surface area contributed by atoms with Crippen LogP contribution in [0.3, 0.4) is 0 Å². The summed E-state index contributed by atoms with van der Waals surface area (Å²) < 4.78 is 0. The smallest absolute Gasteiger partial charge is 0.139 e. The summed E-state index contributed by atoms with van der Waals surface area (Å²) >= 11 is 1.68. The van der Waals surface area contributed by atoms with Crippen LogP contribution >= 0.6 is 11.3 Å². The van der Waals surface area contributed by atoms with Gasteiger partial charge < -0.3 is 10.2 Å². The number of nitrogens with one attached hydrogen (secondary N) is 1. The molecule has 0 bridgehead atoms. The number of aromatic nitrogens is 2. The fourth-order valence-corrected chi connectivity index (χ4v) is 5.40. The number of thiophene rings is 1. The van der Waals surface area contributed by atoms with Crippen LogP contribution in [0.4, 0.5) is 5.82 Å². The van der Waals surface area contributed by atoms with Gasteiger partial charge in [-0.1, -0.05) is 48.5 Å². The summed E-state index contributed by atoms with van der Waals surface area (Å²) in [4.78, 5) is 15.3. The van der Waals surface area contributed by atoms with Crippen molar-refractivity contribution in [1.29, 1.82) is 0 Å². The summed E-state index contributed by atoms with van der Waals surface area (Å²) in [7, 11) is 2.20. The number of anilines is 1. The van der Waals surface area contributed by atoms with Gasteiger partial charge in [-0.2, -0.15) is 0 Å². The number of aryl methyl sites for hydroxylation is 2. The molecule has 5 nitrogen and oxygen atoms in total. The molecular formula is C27H31N5S. The normalized spacial score (nSPS) is 16.2. The van der Waals surface area contributed by atoms with Crippen molar-refractivity contribution in [2.75, 3.05) is 45.1 Å². The van der Waals surface area contributed by atoms with Gasteiger partial charge in [0.15, 0.2) is 0 Å². The van der Waals surface area contributed by atoms with E-state index in [0.717, 1.165) is 48.8 Å². The summed E-state index contributed by atoms with van der Waals surface area (Å²) in [5.41, 5.74) is 6.32. The van der Waals surface area contributed by atoms with Gasteiger partial charge in [-0.25, -0.2) is 9.97 Å². The Morgan fingerprint density at radius 1 is 0.970 bits per heavy atom. The lowest BCUT2D eigenvalue weighted by Crippen LogP contribution is -2.46. The minimum Gasteiger partial charge on any atom is -0.361 e. The van der Waals surface area contributed by atoms with E-state index >= 15 is 0 Å². The number of benzene rings is 2. The molecule has 3 heterocycles. The molecule has 0 saturated carbocycles. The van der Waals surface area contributed by atoms with Crippen molar-refractivity contribution >= 4 is 27.4 Å². The number of nitrogens with zero attached hydrogens (tertiary/aromatic N) is 4. The zero-order valence-electron chi connectivity index (χ0n) is 19.6. The monoisotopic (exact) mass is 457 g/mol. The second kappa shape index (κ2) is 9.59. The molecule has 0 amide bonds. The van der Waals surface area contributed by atoms with Gasteiger partial charge >= 0.3 is 0 Å². The van der Waals surface area contributed by atoms with Crippen LogP contribution in [0.15, 0.2) is 60.2 Å². The number of likely N-dealkylation sites (N-methyl/N-ethyl adjacent to an activating group) is 1. The topological polar surface area (TPSA) is 44.3 Å². The highest BCUT2D eigenvalue weighted by atomic mass is 32.1. The second-order valence-corrected chi connectivity index (χ2v) is 9.92. The van der Waals surface area contributed by atoms with E-state index in [2.05, 4.69) is 94.9 Å². The Morgan fingerprint density at radius 3 is 2.52 bits per heavy atom. The fraction of sp³-hybridized carbons (Fsp3) is 0.333. The van der Waals surface area contributed by atoms with Crippen LogP contribution in [0.2, 0.25) is 0 Å². The predicted molar refractivity (Wildman–Crippen MR) is 139 cm³/mol. The average Bonchev–Trinajstić information content (AvgIpc) is 3.28. The van der Waals surface area contributed by atoms with Crippen molar-refractivity contribution in [2.45, 2.75) is 19.9 Å². The lowest BCUT2D eigenvalue weighted by molar-refractivity contribution is 0.149. The largest absolute Gasteiger partial charge is 0.361 e. The minimum atomic E-state index is 0.153. The third-order valence-corrected chi connectivity index (χ3v) is 7.62. The third-order valence-electron chi connectivity index (χ3n) is 6.74. The standard InChI is InChI=1S/C27H31N5S/c1-19-9-10-22(15-20(19)2)23-17-33-27-25(23)26(28-18-29-27)30-24(21-7-5-4-6-8-21)16-32-13-11-31(3)12-14-32/h4-10,15,17-18,24H,11-14,16H2,1-3H3,(H,28,29,30). The Balaban J connectivity index is 1.51. The SMILES string of the molecule is Cc1ccc(-c2csc3ncnc(NC(CN4CCN(C)CC4)c4ccccc4)c23)cc1C. The van der Waals surface area contributed by atoms with E-state index in [1.807, 2.05) is 0 Å². The summed E-state index contributed by atoms with van der Waals surface area (Å²) in [5.74, 6) is 0.914. The molecule has 1 N–H and O–H groups in total. The summed E-state index contributed by atoms with van der Waals surface area (Å²) in [6.07, 6.45) is 1.68. The van der Waals surface area contributed by atoms with Crippen LogP contribution in [-0.4, -0.2) is 59.5 Å². The molecule has 2 aromatic carbocycles. The molecule has 0 aliphatic carbocycles. The van der Waals surface area contributed by atoms with Gasteiger partial charge in [0.1, 0.15) is 17.0 Å². The molecule has 1 unspecified atom stereocenters. The highest BCUT2D eigenvalue weighted by Crippen LogP contribution is 2.38. The van der Waals surface area contributed by atoms with Crippen molar-refractivity contribution in [3.63, 3.8) is 0 Å². The van der Waals surface area contributed by atoms with Gasteiger partial charge in [0, 0.05) is 43.7 Å². The first-order chi connectivity index (χ1) is 16.1. The maximum Gasteiger partial charge on any atom is 0.139 e. The van der Waals surface area contributed by atoms with Crippen molar-refractivity contribution in [1.82, 2.24) is 19.8 Å². The first-order valence-electron chi connectivity index (χ1n) is 11.6. The molecule has 1 aliphatic heterocycles. The third kappa shape index (κ3) is 4.78. The maximum atomic E-state index is 4.73. The predicted octanol–water partition coefficient (Wildman–Crippen LogP) is 5.38. The molecule has 1 saturated heterocycles. The van der Waals surface area contributed by atoms with Crippen LogP contribution in [-0.2, 0) is 0 Å². The molecule has 0 spiro atoms. The molecule has 0 radical (unpaired) electrons. The summed E-state index contributed by atoms with van der Waals surface area (Å²) in [6.45, 7) is 9.68. The van der Waals surface area contributed by atoms with E-state index in [-0.39, 0.29) is 6.04 Å². The molecule has 4 aromatic rings. The Bertz CT molecular complexity index is 1230. The lowest BCUT2D eigenvalue weighted by Gasteiger charge is -2.35. The Kier molecular flexibility index (Phi) is 6.40. The van der Waals surface area contributed by atoms with Gasteiger partial charge in [-0.3, -0.25) is 4.90 Å². The second-order valence-electron chi connectivity index (χ2n) is 9.06. The first-order valence-corrected chi connectivity index (χ1v) is 12.5. The average molecular weight is 458 g/mol. The summed E-state index contributed by atoms with van der Waals surface area (Å²) in [6, 6.07) is 17.6. The summed E-state index contributed by atoms with van der Waals surface area (Å²) in [5, 5.41) is 7.15. The zero-order valence-corrected chi connectivity index (χ0v) is 20.4. The Morgan fingerprint density at radius 2 is 1.76 bits per heavy atom. The first kappa shape index (κ1) is 22.0. The van der Waals surface area contributed by atoms with E-state index in [1.165, 1.54) is 27.8 Å². The molecule has 33 heavy (non-hydrogen) atoms. The van der Waals surface area contributed by atoms with Gasteiger partial charge in [0.05, 0.1) is 11.4 Å². The zero-order chi connectivity index (χ0) is 22.8. The van der Waals surface area contributed by atoms with Gasteiger partial charge in [-0.05, 0) is 43.1 Å². The minimum absolute atomic E-state index is 0.153. The quantitative estimate of drug-likeness (QED) is 0.421. The highest BCUT2D eigenvalue weighted by Gasteiger charge is 2.22. The van der Waals surface area contributed by atoms with E-state index in [9.17, 15) is 0 Å². The van der Waals surface area contributed by atoms with Gasteiger partial charge in [-0.15, -0.1) is 11.3 Å². The molecule has 5 rings (SSSR count).